The molecular weight excluding hydrogens is 259 g/mol. The molecule has 2 amide bonds. The van der Waals surface area contributed by atoms with Crippen LogP contribution in [0.25, 0.3) is 0 Å². The maximum Gasteiger partial charge on any atom is 0.322 e. The van der Waals surface area contributed by atoms with Gasteiger partial charge in [0.15, 0.2) is 0 Å². The SMILES string of the molecule is Nc1ccc(NC(=O)N2Cc3cc(F)cnc3C2)cc1. The van der Waals surface area contributed by atoms with Gasteiger partial charge in [0.25, 0.3) is 0 Å². The van der Waals surface area contributed by atoms with Gasteiger partial charge < -0.3 is 16.0 Å². The Morgan fingerprint density at radius 1 is 1.30 bits per heavy atom. The zero-order valence-corrected chi connectivity index (χ0v) is 10.6. The van der Waals surface area contributed by atoms with E-state index in [1.165, 1.54) is 12.3 Å². The van der Waals surface area contributed by atoms with E-state index >= 15 is 0 Å². The number of carbonyl (C=O) groups excluding carboxylic acids is 1. The third-order valence-electron chi connectivity index (χ3n) is 3.18. The molecule has 0 aliphatic carbocycles. The molecule has 0 radical (unpaired) electrons. The molecule has 102 valence electrons. The Hall–Kier alpha value is -2.63. The van der Waals surface area contributed by atoms with Crippen molar-refractivity contribution in [1.29, 1.82) is 0 Å². The van der Waals surface area contributed by atoms with Crippen LogP contribution in [0.4, 0.5) is 20.6 Å². The van der Waals surface area contributed by atoms with Gasteiger partial charge in [-0.1, -0.05) is 0 Å². The average Bonchev–Trinajstić information content (AvgIpc) is 2.84. The second kappa shape index (κ2) is 4.80. The molecule has 0 unspecified atom stereocenters. The highest BCUT2D eigenvalue weighted by Gasteiger charge is 2.24. The van der Waals surface area contributed by atoms with Crippen molar-refractivity contribution in [2.45, 2.75) is 13.1 Å². The van der Waals surface area contributed by atoms with Gasteiger partial charge in [-0.2, -0.15) is 0 Å². The fraction of sp³-hybridized carbons (Fsp3) is 0.143. The van der Waals surface area contributed by atoms with Gasteiger partial charge >= 0.3 is 6.03 Å². The van der Waals surface area contributed by atoms with Crippen LogP contribution < -0.4 is 11.1 Å². The highest BCUT2D eigenvalue weighted by molar-refractivity contribution is 5.89. The molecule has 3 N–H and O–H groups in total. The lowest BCUT2D eigenvalue weighted by atomic mass is 10.2. The number of benzene rings is 1. The minimum Gasteiger partial charge on any atom is -0.399 e. The van der Waals surface area contributed by atoms with E-state index in [2.05, 4.69) is 10.3 Å². The van der Waals surface area contributed by atoms with E-state index < -0.39 is 0 Å². The van der Waals surface area contributed by atoms with Crippen LogP contribution in [0.3, 0.4) is 0 Å². The predicted octanol–water partition coefficient (Wildman–Crippen LogP) is 2.35. The quantitative estimate of drug-likeness (QED) is 0.783. The lowest BCUT2D eigenvalue weighted by molar-refractivity contribution is 0.212. The zero-order valence-electron chi connectivity index (χ0n) is 10.6. The molecule has 0 spiro atoms. The number of carbonyl (C=O) groups is 1. The number of nitrogens with two attached hydrogens (primary N) is 1. The van der Waals surface area contributed by atoms with Crippen molar-refractivity contribution in [3.8, 4) is 0 Å². The van der Waals surface area contributed by atoms with Gasteiger partial charge in [0.2, 0.25) is 0 Å². The number of pyridine rings is 1. The van der Waals surface area contributed by atoms with Crippen LogP contribution in [0.1, 0.15) is 11.3 Å². The van der Waals surface area contributed by atoms with Crippen LogP contribution in [0, 0.1) is 5.82 Å². The Balaban J connectivity index is 1.69. The standard InChI is InChI=1S/C14H13FN4O/c15-10-5-9-7-19(8-13(9)17-6-10)14(20)18-12-3-1-11(16)2-4-12/h1-6H,7-8,16H2,(H,18,20). The summed E-state index contributed by atoms with van der Waals surface area (Å²) in [6.07, 6.45) is 1.17. The molecule has 1 aliphatic heterocycles. The average molecular weight is 272 g/mol. The van der Waals surface area contributed by atoms with Gasteiger partial charge in [-0.3, -0.25) is 4.98 Å². The first-order valence-electron chi connectivity index (χ1n) is 6.16. The number of nitrogens with zero attached hydrogens (tertiary/aromatic N) is 2. The number of urea groups is 1. The summed E-state index contributed by atoms with van der Waals surface area (Å²) >= 11 is 0. The Bertz CT molecular complexity index is 657. The summed E-state index contributed by atoms with van der Waals surface area (Å²) in [7, 11) is 0. The molecule has 2 heterocycles. The van der Waals surface area contributed by atoms with Crippen molar-refractivity contribution in [2.75, 3.05) is 11.1 Å². The van der Waals surface area contributed by atoms with Crippen LogP contribution in [0.5, 0.6) is 0 Å². The lowest BCUT2D eigenvalue weighted by Gasteiger charge is -2.16. The van der Waals surface area contributed by atoms with Gasteiger partial charge in [-0.05, 0) is 35.9 Å². The van der Waals surface area contributed by atoms with Crippen LogP contribution in [0.15, 0.2) is 36.5 Å². The number of hydrogen-bond donors (Lipinski definition) is 2. The first-order valence-corrected chi connectivity index (χ1v) is 6.16. The number of hydrogen-bond acceptors (Lipinski definition) is 3. The summed E-state index contributed by atoms with van der Waals surface area (Å²) < 4.78 is 13.1. The summed E-state index contributed by atoms with van der Waals surface area (Å²) in [6, 6.07) is 8.06. The number of aromatic nitrogens is 1. The molecule has 3 rings (SSSR count). The van der Waals surface area contributed by atoms with Crippen molar-refractivity contribution in [2.24, 2.45) is 0 Å². The van der Waals surface area contributed by atoms with E-state index in [4.69, 9.17) is 5.73 Å². The topological polar surface area (TPSA) is 71.2 Å². The number of anilines is 2. The highest BCUT2D eigenvalue weighted by atomic mass is 19.1. The summed E-state index contributed by atoms with van der Waals surface area (Å²) in [5.74, 6) is -0.385. The molecular formula is C14H13FN4O. The molecule has 1 aromatic carbocycles. The molecule has 2 aromatic rings. The van der Waals surface area contributed by atoms with E-state index in [0.717, 1.165) is 11.3 Å². The van der Waals surface area contributed by atoms with Crippen molar-refractivity contribution < 1.29 is 9.18 Å². The number of nitrogens with one attached hydrogen (secondary N) is 1. The Morgan fingerprint density at radius 2 is 2.05 bits per heavy atom. The third kappa shape index (κ3) is 2.40. The van der Waals surface area contributed by atoms with Gasteiger partial charge in [0.1, 0.15) is 5.82 Å². The molecule has 1 aliphatic rings. The lowest BCUT2D eigenvalue weighted by Crippen LogP contribution is -2.30. The van der Waals surface area contributed by atoms with Crippen LogP contribution in [0.2, 0.25) is 0 Å². The maximum absolute atomic E-state index is 13.1. The number of nitrogen functional groups attached to an aromatic ring is 1. The fourth-order valence-corrected chi connectivity index (χ4v) is 2.14. The molecule has 0 bridgehead atoms. The molecule has 0 atom stereocenters. The van der Waals surface area contributed by atoms with Crippen molar-refractivity contribution in [3.05, 3.63) is 53.6 Å². The molecule has 6 heteroatoms. The second-order valence-corrected chi connectivity index (χ2v) is 4.67. The summed E-state index contributed by atoms with van der Waals surface area (Å²) in [6.45, 7) is 0.747. The number of amides is 2. The van der Waals surface area contributed by atoms with E-state index in [9.17, 15) is 9.18 Å². The third-order valence-corrected chi connectivity index (χ3v) is 3.18. The van der Waals surface area contributed by atoms with Gasteiger partial charge in [-0.15, -0.1) is 0 Å². The number of halogens is 1. The van der Waals surface area contributed by atoms with Crippen LogP contribution >= 0.6 is 0 Å². The molecule has 0 saturated heterocycles. The summed E-state index contributed by atoms with van der Waals surface area (Å²) in [5.41, 5.74) is 8.37. The number of rotatable bonds is 1. The monoisotopic (exact) mass is 272 g/mol. The predicted molar refractivity (Wildman–Crippen MR) is 73.3 cm³/mol. The summed E-state index contributed by atoms with van der Waals surface area (Å²) in [4.78, 5) is 17.7. The van der Waals surface area contributed by atoms with E-state index in [1.54, 1.807) is 29.2 Å². The van der Waals surface area contributed by atoms with E-state index in [1.807, 2.05) is 0 Å². The van der Waals surface area contributed by atoms with Crippen molar-refractivity contribution >= 4 is 17.4 Å². The van der Waals surface area contributed by atoms with E-state index in [0.29, 0.717) is 24.5 Å². The largest absolute Gasteiger partial charge is 0.399 e. The van der Waals surface area contributed by atoms with Crippen molar-refractivity contribution in [1.82, 2.24) is 9.88 Å². The Morgan fingerprint density at radius 3 is 2.80 bits per heavy atom. The van der Waals surface area contributed by atoms with Gasteiger partial charge in [0, 0.05) is 17.9 Å². The van der Waals surface area contributed by atoms with Crippen LogP contribution in [-0.2, 0) is 13.1 Å². The van der Waals surface area contributed by atoms with E-state index in [-0.39, 0.29) is 11.8 Å². The second-order valence-electron chi connectivity index (χ2n) is 4.67. The first-order chi connectivity index (χ1) is 9.61. The Kier molecular flexibility index (Phi) is 2.98. The molecule has 5 nitrogen and oxygen atoms in total. The normalized spacial score (nSPS) is 13.2. The molecule has 0 fully saturated rings. The first kappa shape index (κ1) is 12.4. The Labute approximate surface area is 115 Å². The molecule has 20 heavy (non-hydrogen) atoms. The molecule has 1 aromatic heterocycles. The fourth-order valence-electron chi connectivity index (χ4n) is 2.14. The summed E-state index contributed by atoms with van der Waals surface area (Å²) in [5, 5.41) is 2.77. The van der Waals surface area contributed by atoms with Gasteiger partial charge in [-0.25, -0.2) is 9.18 Å². The minimum absolute atomic E-state index is 0.242. The van der Waals surface area contributed by atoms with Crippen molar-refractivity contribution in [3.63, 3.8) is 0 Å². The highest BCUT2D eigenvalue weighted by Crippen LogP contribution is 2.22. The number of fused-ring (bicyclic) bond motifs is 1. The minimum atomic E-state index is -0.385. The van der Waals surface area contributed by atoms with Gasteiger partial charge in [0.05, 0.1) is 18.4 Å². The van der Waals surface area contributed by atoms with Crippen LogP contribution in [-0.4, -0.2) is 15.9 Å². The maximum atomic E-state index is 13.1. The smallest absolute Gasteiger partial charge is 0.322 e. The molecule has 0 saturated carbocycles. The zero-order chi connectivity index (χ0) is 14.1.